The first kappa shape index (κ1) is 25.2. The number of amides is 1. The Labute approximate surface area is 213 Å². The number of carbonyl (C=O) groups excluding carboxylic acids is 1. The summed E-state index contributed by atoms with van der Waals surface area (Å²) in [4.78, 5) is 31.5. The van der Waals surface area contributed by atoms with Gasteiger partial charge in [-0.1, -0.05) is 42.4 Å². The zero-order chi connectivity index (χ0) is 24.9. The first-order valence-corrected chi connectivity index (χ1v) is 13.3. The van der Waals surface area contributed by atoms with Crippen LogP contribution in [0.15, 0.2) is 57.3 Å². The van der Waals surface area contributed by atoms with Gasteiger partial charge >= 0.3 is 0 Å². The molecule has 1 atom stereocenters. The minimum atomic E-state index is -0.108. The predicted octanol–water partition coefficient (Wildman–Crippen LogP) is 4.05. The summed E-state index contributed by atoms with van der Waals surface area (Å²) < 4.78 is 12.2. The van der Waals surface area contributed by atoms with E-state index in [4.69, 9.17) is 14.5 Å². The van der Waals surface area contributed by atoms with Gasteiger partial charge in [0.2, 0.25) is 5.91 Å². The maximum absolute atomic E-state index is 13.4. The SMILES string of the molecule is COc1ccc(CCNC(=O)CSc2nc3c(c(=O)n2-c2ccc(C)cc2)SC(C)C3)cc1OC. The van der Waals surface area contributed by atoms with Gasteiger partial charge in [-0.2, -0.15) is 0 Å². The van der Waals surface area contributed by atoms with E-state index in [-0.39, 0.29) is 17.2 Å². The molecule has 9 heteroatoms. The van der Waals surface area contributed by atoms with E-state index in [0.29, 0.717) is 39.8 Å². The lowest BCUT2D eigenvalue weighted by Crippen LogP contribution is -2.28. The molecule has 0 saturated heterocycles. The smallest absolute Gasteiger partial charge is 0.272 e. The molecule has 1 unspecified atom stereocenters. The molecule has 1 aliphatic rings. The highest BCUT2D eigenvalue weighted by Crippen LogP contribution is 2.35. The van der Waals surface area contributed by atoms with Crippen molar-refractivity contribution in [2.45, 2.75) is 42.0 Å². The standard InChI is InChI=1S/C26H29N3O4S2/c1-16-5-8-19(9-6-16)29-25(31)24-20(13-17(2)35-24)28-26(29)34-15-23(30)27-12-11-18-7-10-21(32-3)22(14-18)33-4/h5-10,14,17H,11-13,15H2,1-4H3,(H,27,30). The fourth-order valence-corrected chi connectivity index (χ4v) is 5.84. The number of nitrogens with one attached hydrogen (secondary N) is 1. The molecule has 184 valence electrons. The van der Waals surface area contributed by atoms with Crippen LogP contribution in [0.1, 0.15) is 23.7 Å². The number of rotatable bonds is 9. The highest BCUT2D eigenvalue weighted by atomic mass is 32.2. The summed E-state index contributed by atoms with van der Waals surface area (Å²) in [6, 6.07) is 13.5. The molecule has 0 fully saturated rings. The maximum Gasteiger partial charge on any atom is 0.272 e. The number of methoxy groups -OCH3 is 2. The van der Waals surface area contributed by atoms with Crippen LogP contribution in [0, 0.1) is 6.92 Å². The molecule has 2 heterocycles. The predicted molar refractivity (Wildman–Crippen MR) is 141 cm³/mol. The van der Waals surface area contributed by atoms with E-state index in [0.717, 1.165) is 28.9 Å². The van der Waals surface area contributed by atoms with Crippen LogP contribution in [0.2, 0.25) is 0 Å². The Morgan fingerprint density at radius 1 is 1.17 bits per heavy atom. The average molecular weight is 512 g/mol. The van der Waals surface area contributed by atoms with Crippen molar-refractivity contribution in [3.8, 4) is 17.2 Å². The number of fused-ring (bicyclic) bond motifs is 1. The third kappa shape index (κ3) is 5.85. The molecule has 0 aliphatic carbocycles. The summed E-state index contributed by atoms with van der Waals surface area (Å²) in [7, 11) is 3.20. The van der Waals surface area contributed by atoms with Gasteiger partial charge in [0.25, 0.3) is 5.56 Å². The molecule has 0 radical (unpaired) electrons. The van der Waals surface area contributed by atoms with E-state index < -0.39 is 0 Å². The van der Waals surface area contributed by atoms with E-state index in [1.165, 1.54) is 11.8 Å². The Kier molecular flexibility index (Phi) is 8.07. The Morgan fingerprint density at radius 2 is 1.91 bits per heavy atom. The van der Waals surface area contributed by atoms with Gasteiger partial charge in [-0.3, -0.25) is 14.2 Å². The lowest BCUT2D eigenvalue weighted by Gasteiger charge is -2.14. The van der Waals surface area contributed by atoms with Crippen LogP contribution in [-0.4, -0.2) is 47.2 Å². The first-order chi connectivity index (χ1) is 16.9. The zero-order valence-corrected chi connectivity index (χ0v) is 21.9. The molecule has 3 aromatic rings. The largest absolute Gasteiger partial charge is 0.493 e. The molecule has 2 aromatic carbocycles. The van der Waals surface area contributed by atoms with Gasteiger partial charge in [0.05, 0.1) is 36.2 Å². The van der Waals surface area contributed by atoms with Crippen molar-refractivity contribution in [3.63, 3.8) is 0 Å². The number of carbonyl (C=O) groups is 1. The zero-order valence-electron chi connectivity index (χ0n) is 20.3. The Balaban J connectivity index is 1.44. The van der Waals surface area contributed by atoms with Gasteiger partial charge in [0.1, 0.15) is 0 Å². The quantitative estimate of drug-likeness (QED) is 0.343. The molecule has 35 heavy (non-hydrogen) atoms. The third-order valence-corrected chi connectivity index (χ3v) is 7.84. The second kappa shape index (κ2) is 11.2. The minimum absolute atomic E-state index is 0.0652. The van der Waals surface area contributed by atoms with E-state index >= 15 is 0 Å². The number of thioether (sulfide) groups is 2. The third-order valence-electron chi connectivity index (χ3n) is 5.69. The summed E-state index contributed by atoms with van der Waals surface area (Å²) >= 11 is 2.86. The number of hydrogen-bond acceptors (Lipinski definition) is 7. The van der Waals surface area contributed by atoms with Crippen molar-refractivity contribution in [1.29, 1.82) is 0 Å². The lowest BCUT2D eigenvalue weighted by atomic mass is 10.1. The van der Waals surface area contributed by atoms with E-state index in [1.54, 1.807) is 30.5 Å². The molecule has 1 amide bonds. The van der Waals surface area contributed by atoms with Crippen LogP contribution in [0.25, 0.3) is 5.69 Å². The van der Waals surface area contributed by atoms with E-state index in [2.05, 4.69) is 12.2 Å². The second-order valence-electron chi connectivity index (χ2n) is 8.36. The van der Waals surface area contributed by atoms with Crippen LogP contribution in [0.5, 0.6) is 11.5 Å². The number of benzene rings is 2. The summed E-state index contributed by atoms with van der Waals surface area (Å²) in [6.45, 7) is 4.60. The Bertz CT molecular complexity index is 1270. The van der Waals surface area contributed by atoms with Crippen LogP contribution in [0.4, 0.5) is 0 Å². The summed E-state index contributed by atoms with van der Waals surface area (Å²) in [5.74, 6) is 1.40. The molecule has 0 saturated carbocycles. The van der Waals surface area contributed by atoms with Crippen molar-refractivity contribution in [2.75, 3.05) is 26.5 Å². The maximum atomic E-state index is 13.4. The topological polar surface area (TPSA) is 82.5 Å². The Morgan fingerprint density at radius 3 is 2.63 bits per heavy atom. The molecule has 0 bridgehead atoms. The number of hydrogen-bond donors (Lipinski definition) is 1. The van der Waals surface area contributed by atoms with Crippen molar-refractivity contribution >= 4 is 29.4 Å². The molecule has 1 aliphatic heterocycles. The first-order valence-electron chi connectivity index (χ1n) is 11.4. The fraction of sp³-hybridized carbons (Fsp3) is 0.346. The van der Waals surface area contributed by atoms with Crippen molar-refractivity contribution in [1.82, 2.24) is 14.9 Å². The highest BCUT2D eigenvalue weighted by molar-refractivity contribution is 8.00. The van der Waals surface area contributed by atoms with Crippen molar-refractivity contribution < 1.29 is 14.3 Å². The number of aryl methyl sites for hydroxylation is 1. The molecule has 7 nitrogen and oxygen atoms in total. The lowest BCUT2D eigenvalue weighted by molar-refractivity contribution is -0.118. The van der Waals surface area contributed by atoms with Crippen LogP contribution >= 0.6 is 23.5 Å². The average Bonchev–Trinajstić information content (AvgIpc) is 3.24. The van der Waals surface area contributed by atoms with E-state index in [1.807, 2.05) is 49.4 Å². The number of nitrogens with zero attached hydrogens (tertiary/aromatic N) is 2. The van der Waals surface area contributed by atoms with Gasteiger partial charge < -0.3 is 14.8 Å². The van der Waals surface area contributed by atoms with Gasteiger partial charge in [-0.15, -0.1) is 11.8 Å². The van der Waals surface area contributed by atoms with Gasteiger partial charge in [-0.25, -0.2) is 4.98 Å². The van der Waals surface area contributed by atoms with Crippen molar-refractivity contribution in [3.05, 3.63) is 69.6 Å². The van der Waals surface area contributed by atoms with Gasteiger partial charge in [-0.05, 0) is 43.2 Å². The highest BCUT2D eigenvalue weighted by Gasteiger charge is 2.27. The molecular weight excluding hydrogens is 482 g/mol. The van der Waals surface area contributed by atoms with Gasteiger partial charge in [0, 0.05) is 18.2 Å². The van der Waals surface area contributed by atoms with Crippen molar-refractivity contribution in [2.24, 2.45) is 0 Å². The van der Waals surface area contributed by atoms with Crippen LogP contribution in [0.3, 0.4) is 0 Å². The monoisotopic (exact) mass is 511 g/mol. The second-order valence-corrected chi connectivity index (χ2v) is 10.7. The van der Waals surface area contributed by atoms with E-state index in [9.17, 15) is 9.59 Å². The van der Waals surface area contributed by atoms with Crippen LogP contribution in [-0.2, 0) is 17.6 Å². The molecule has 1 N–H and O–H groups in total. The van der Waals surface area contributed by atoms with Crippen LogP contribution < -0.4 is 20.3 Å². The summed E-state index contributed by atoms with van der Waals surface area (Å²) in [6.07, 6.45) is 1.42. The summed E-state index contributed by atoms with van der Waals surface area (Å²) in [5, 5.41) is 3.82. The number of ether oxygens (including phenoxy) is 2. The fourth-order valence-electron chi connectivity index (χ4n) is 3.88. The van der Waals surface area contributed by atoms with Gasteiger partial charge in [0.15, 0.2) is 16.7 Å². The number of aromatic nitrogens is 2. The normalized spacial score (nSPS) is 14.5. The minimum Gasteiger partial charge on any atom is -0.493 e. The molecule has 0 spiro atoms. The molecule has 1 aromatic heterocycles. The molecular formula is C26H29N3O4S2. The Hall–Kier alpha value is -2.91. The summed E-state index contributed by atoms with van der Waals surface area (Å²) in [5.41, 5.74) is 3.67. The molecule has 4 rings (SSSR count).